The Labute approximate surface area is 206 Å². The molecule has 0 bridgehead atoms. The maximum Gasteiger partial charge on any atom is 0.185 e. The summed E-state index contributed by atoms with van der Waals surface area (Å²) in [7, 11) is 0.232. The molecule has 186 valence electrons. The minimum atomic E-state index is -1.46. The number of aromatic nitrogens is 3. The van der Waals surface area contributed by atoms with Crippen LogP contribution in [0.25, 0.3) is 0 Å². The van der Waals surface area contributed by atoms with Crippen LogP contribution in [0.4, 0.5) is 15.8 Å². The largest absolute Gasteiger partial charge is 0.392 e. The van der Waals surface area contributed by atoms with Crippen LogP contribution in [0.1, 0.15) is 29.7 Å². The summed E-state index contributed by atoms with van der Waals surface area (Å²) in [6.07, 6.45) is 2.28. The number of nitrogens with zero attached hydrogens (tertiary/aromatic N) is 5. The lowest BCUT2D eigenvalue weighted by atomic mass is 9.94. The molecule has 0 amide bonds. The summed E-state index contributed by atoms with van der Waals surface area (Å²) in [4.78, 5) is 3.58. The second-order valence-corrected chi connectivity index (χ2v) is 10.2. The first-order valence-corrected chi connectivity index (χ1v) is 12.5. The standard InChI is InChI=1S/C24H30FN7O2S/c1-16-10-22(28-20-6-4-19(25)5-7-20)18(12-26)11-21(16)23-15-32(9-8-31(23)14-17(2)33)35(34)24-13-27-30(3)29-24/h4-7,10-13,17,23,26,28,33H,8-9,14-15H2,1-3H3. The molecule has 1 aromatic heterocycles. The van der Waals surface area contributed by atoms with Crippen LogP contribution in [-0.2, 0) is 18.0 Å². The van der Waals surface area contributed by atoms with Gasteiger partial charge in [-0.25, -0.2) is 12.9 Å². The lowest BCUT2D eigenvalue weighted by molar-refractivity contribution is 0.0636. The van der Waals surface area contributed by atoms with Gasteiger partial charge in [0.15, 0.2) is 5.03 Å². The van der Waals surface area contributed by atoms with Gasteiger partial charge in [0, 0.05) is 62.4 Å². The second-order valence-electron chi connectivity index (χ2n) is 8.74. The van der Waals surface area contributed by atoms with Crippen LogP contribution in [0, 0.1) is 18.2 Å². The summed E-state index contributed by atoms with van der Waals surface area (Å²) < 4.78 is 28.4. The van der Waals surface area contributed by atoms with Gasteiger partial charge in [0.1, 0.15) is 16.8 Å². The number of hydrogen-bond acceptors (Lipinski definition) is 7. The molecule has 0 aliphatic carbocycles. The van der Waals surface area contributed by atoms with Gasteiger partial charge in [-0.15, -0.1) is 5.10 Å². The Morgan fingerprint density at radius 2 is 2.06 bits per heavy atom. The maximum absolute atomic E-state index is 13.3. The first-order valence-electron chi connectivity index (χ1n) is 11.4. The van der Waals surface area contributed by atoms with E-state index in [1.807, 2.05) is 23.4 Å². The van der Waals surface area contributed by atoms with Gasteiger partial charge < -0.3 is 15.8 Å². The Morgan fingerprint density at radius 3 is 2.69 bits per heavy atom. The minimum absolute atomic E-state index is 0.141. The summed E-state index contributed by atoms with van der Waals surface area (Å²) >= 11 is 0. The van der Waals surface area contributed by atoms with Crippen LogP contribution in [-0.4, -0.2) is 72.0 Å². The molecule has 1 aliphatic rings. The molecule has 9 nitrogen and oxygen atoms in total. The molecule has 0 saturated carbocycles. The predicted octanol–water partition coefficient (Wildman–Crippen LogP) is 2.77. The zero-order chi connectivity index (χ0) is 25.1. The Hall–Kier alpha value is -2.99. The molecule has 35 heavy (non-hydrogen) atoms. The Kier molecular flexibility index (Phi) is 7.70. The molecule has 2 aromatic carbocycles. The number of piperazine rings is 1. The van der Waals surface area contributed by atoms with Crippen LogP contribution in [0.5, 0.6) is 0 Å². The molecule has 3 unspecified atom stereocenters. The average Bonchev–Trinajstić information content (AvgIpc) is 3.26. The zero-order valence-corrected chi connectivity index (χ0v) is 20.8. The number of β-amino-alcohol motifs (C(OH)–C–C–N with tert-alkyl or cyclic N) is 1. The number of nitrogens with one attached hydrogen (secondary N) is 2. The number of aliphatic hydroxyl groups excluding tert-OH is 1. The number of halogens is 1. The van der Waals surface area contributed by atoms with Gasteiger partial charge in [-0.2, -0.15) is 9.90 Å². The predicted molar refractivity (Wildman–Crippen MR) is 134 cm³/mol. The van der Waals surface area contributed by atoms with E-state index >= 15 is 0 Å². The smallest absolute Gasteiger partial charge is 0.185 e. The fourth-order valence-corrected chi connectivity index (χ4v) is 5.47. The van der Waals surface area contributed by atoms with E-state index in [0.717, 1.165) is 22.5 Å². The van der Waals surface area contributed by atoms with E-state index in [9.17, 15) is 13.7 Å². The third kappa shape index (κ3) is 5.81. The van der Waals surface area contributed by atoms with Crippen molar-refractivity contribution in [2.45, 2.75) is 31.0 Å². The van der Waals surface area contributed by atoms with Crippen LogP contribution >= 0.6 is 0 Å². The highest BCUT2D eigenvalue weighted by Gasteiger charge is 2.33. The topological polar surface area (TPSA) is 110 Å². The third-order valence-electron chi connectivity index (χ3n) is 6.02. The van der Waals surface area contributed by atoms with E-state index < -0.39 is 17.1 Å². The van der Waals surface area contributed by atoms with E-state index in [4.69, 9.17) is 5.41 Å². The molecule has 3 atom stereocenters. The molecule has 0 spiro atoms. The van der Waals surface area contributed by atoms with Gasteiger partial charge in [-0.1, -0.05) is 0 Å². The quantitative estimate of drug-likeness (QED) is 0.411. The molecule has 3 N–H and O–H groups in total. The third-order valence-corrected chi connectivity index (χ3v) is 7.37. The van der Waals surface area contributed by atoms with E-state index in [0.29, 0.717) is 36.8 Å². The summed E-state index contributed by atoms with van der Waals surface area (Å²) in [5, 5.41) is 30.0. The molecule has 0 radical (unpaired) electrons. The minimum Gasteiger partial charge on any atom is -0.392 e. The van der Waals surface area contributed by atoms with Gasteiger partial charge in [0.2, 0.25) is 0 Å². The van der Waals surface area contributed by atoms with E-state index in [2.05, 4.69) is 20.4 Å². The molecule has 1 fully saturated rings. The van der Waals surface area contributed by atoms with Crippen molar-refractivity contribution < 1.29 is 13.7 Å². The van der Waals surface area contributed by atoms with Gasteiger partial charge in [0.25, 0.3) is 0 Å². The molecule has 1 saturated heterocycles. The van der Waals surface area contributed by atoms with Crippen LogP contribution < -0.4 is 5.32 Å². The molecule has 11 heteroatoms. The van der Waals surface area contributed by atoms with Crippen LogP contribution in [0.3, 0.4) is 0 Å². The highest BCUT2D eigenvalue weighted by molar-refractivity contribution is 7.82. The lowest BCUT2D eigenvalue weighted by Crippen LogP contribution is -2.50. The van der Waals surface area contributed by atoms with Crippen molar-refractivity contribution in [2.75, 3.05) is 31.5 Å². The Morgan fingerprint density at radius 1 is 1.31 bits per heavy atom. The van der Waals surface area contributed by atoms with Crippen LogP contribution in [0.15, 0.2) is 47.6 Å². The molecule has 2 heterocycles. The molecule has 1 aliphatic heterocycles. The van der Waals surface area contributed by atoms with Gasteiger partial charge in [-0.3, -0.25) is 4.90 Å². The molecule has 3 aromatic rings. The SMILES string of the molecule is Cc1cc(Nc2ccc(F)cc2)c(C=N)cc1C1CN(S(=O)c2cnn(C)n2)CCN1CC(C)O. The van der Waals surface area contributed by atoms with Crippen molar-refractivity contribution in [3.63, 3.8) is 0 Å². The normalized spacial score (nSPS) is 18.8. The van der Waals surface area contributed by atoms with Crippen molar-refractivity contribution in [2.24, 2.45) is 7.05 Å². The molecular formula is C24H30FN7O2S. The van der Waals surface area contributed by atoms with Crippen LogP contribution in [0.2, 0.25) is 0 Å². The van der Waals surface area contributed by atoms with Crippen molar-refractivity contribution >= 4 is 28.6 Å². The fraction of sp³-hybridized carbons (Fsp3) is 0.375. The zero-order valence-electron chi connectivity index (χ0n) is 20.0. The van der Waals surface area contributed by atoms with Gasteiger partial charge in [0.05, 0.1) is 12.3 Å². The highest BCUT2D eigenvalue weighted by atomic mass is 32.2. The van der Waals surface area contributed by atoms with Crippen molar-refractivity contribution in [1.82, 2.24) is 24.2 Å². The number of aliphatic hydroxyl groups is 1. The first kappa shape index (κ1) is 25.1. The van der Waals surface area contributed by atoms with E-state index in [1.54, 1.807) is 26.1 Å². The summed E-state index contributed by atoms with van der Waals surface area (Å²) in [6, 6.07) is 9.86. The lowest BCUT2D eigenvalue weighted by Gasteiger charge is -2.41. The maximum atomic E-state index is 13.3. The van der Waals surface area contributed by atoms with Gasteiger partial charge >= 0.3 is 0 Å². The Bertz CT molecular complexity index is 1220. The van der Waals surface area contributed by atoms with Crippen molar-refractivity contribution in [1.29, 1.82) is 5.41 Å². The summed E-state index contributed by atoms with van der Waals surface area (Å²) in [5.41, 5.74) is 4.13. The highest BCUT2D eigenvalue weighted by Crippen LogP contribution is 2.33. The van der Waals surface area contributed by atoms with E-state index in [-0.39, 0.29) is 11.9 Å². The first-order chi connectivity index (χ1) is 16.7. The monoisotopic (exact) mass is 499 g/mol. The summed E-state index contributed by atoms with van der Waals surface area (Å²) in [5.74, 6) is -0.312. The molecule has 4 rings (SSSR count). The fourth-order valence-electron chi connectivity index (χ4n) is 4.36. The van der Waals surface area contributed by atoms with Crippen molar-refractivity contribution in [3.8, 4) is 0 Å². The average molecular weight is 500 g/mol. The second kappa shape index (κ2) is 10.7. The number of hydrogen-bond donors (Lipinski definition) is 3. The van der Waals surface area contributed by atoms with Crippen molar-refractivity contribution in [3.05, 3.63) is 65.1 Å². The Balaban J connectivity index is 1.65. The van der Waals surface area contributed by atoms with E-state index in [1.165, 1.54) is 29.3 Å². The number of aryl methyl sites for hydroxylation is 2. The number of anilines is 2. The number of rotatable bonds is 8. The van der Waals surface area contributed by atoms with Gasteiger partial charge in [-0.05, 0) is 61.4 Å². The summed E-state index contributed by atoms with van der Waals surface area (Å²) in [6.45, 7) is 5.89. The number of benzene rings is 2. The molecular weight excluding hydrogens is 469 g/mol.